The van der Waals surface area contributed by atoms with Gasteiger partial charge >= 0.3 is 51.4 Å². The van der Waals surface area contributed by atoms with Gasteiger partial charge in [0.2, 0.25) is 0 Å². The third-order valence-electron chi connectivity index (χ3n) is 2.00. The Morgan fingerprint density at radius 2 is 2.00 bits per heavy atom. The molecule has 0 amide bonds. The molecule has 0 saturated carbocycles. The molecule has 0 radical (unpaired) electrons. The van der Waals surface area contributed by atoms with Crippen molar-refractivity contribution in [2.45, 2.75) is 12.2 Å². The van der Waals surface area contributed by atoms with E-state index >= 15 is 0 Å². The van der Waals surface area contributed by atoms with Crippen LogP contribution in [0.5, 0.6) is 0 Å². The van der Waals surface area contributed by atoms with Crippen LogP contribution in [0.3, 0.4) is 0 Å². The zero-order chi connectivity index (χ0) is 11.6. The quantitative estimate of drug-likeness (QED) is 0.381. The zero-order valence-corrected chi connectivity index (χ0v) is 8.64. The van der Waals surface area contributed by atoms with Crippen molar-refractivity contribution in [2.75, 3.05) is 0 Å². The Morgan fingerprint density at radius 3 is 2.44 bits per heavy atom. The van der Waals surface area contributed by atoms with E-state index < -0.39 is 20.3 Å². The predicted molar refractivity (Wildman–Crippen MR) is 60.2 cm³/mol. The number of nitrogens with zero attached hydrogens (tertiary/aromatic N) is 1. The number of hydrogen-bond acceptors (Lipinski definition) is 4. The molecule has 1 N–H and O–H groups in total. The van der Waals surface area contributed by atoms with Crippen molar-refractivity contribution in [1.82, 2.24) is 0 Å². The van der Waals surface area contributed by atoms with E-state index in [1.165, 1.54) is 25.1 Å². The molecule has 0 fully saturated rings. The minimum atomic E-state index is -4.22. The van der Waals surface area contributed by atoms with Crippen molar-refractivity contribution in [3.63, 3.8) is 0 Å². The maximum absolute atomic E-state index is 10.8. The zero-order valence-electron chi connectivity index (χ0n) is 7.82. The van der Waals surface area contributed by atoms with Gasteiger partial charge in [0, 0.05) is 12.1 Å². The van der Waals surface area contributed by atoms with E-state index in [1.54, 1.807) is 0 Å². The summed E-state index contributed by atoms with van der Waals surface area (Å²) in [6.07, 6.45) is 0. The van der Waals surface area contributed by atoms with Gasteiger partial charge in [-0.15, -0.1) is 0 Å². The molecular formula is C8H10KNO5S. The van der Waals surface area contributed by atoms with Gasteiger partial charge in [0.1, 0.15) is 5.25 Å². The Kier molecular flexibility index (Phi) is 6.26. The number of rotatable bonds is 3. The topological polar surface area (TPSA) is 97.5 Å². The molecule has 0 bridgehead atoms. The van der Waals surface area contributed by atoms with Crippen LogP contribution in [0.25, 0.3) is 0 Å². The van der Waals surface area contributed by atoms with E-state index in [2.05, 4.69) is 0 Å². The summed E-state index contributed by atoms with van der Waals surface area (Å²) in [5.74, 6) is 0. The maximum atomic E-state index is 10.8. The van der Waals surface area contributed by atoms with Gasteiger partial charge in [0.05, 0.1) is 4.92 Å². The fraction of sp³-hybridized carbons (Fsp3) is 0.250. The van der Waals surface area contributed by atoms with Gasteiger partial charge < -0.3 is 0 Å². The second-order valence-corrected chi connectivity index (χ2v) is 4.75. The van der Waals surface area contributed by atoms with Crippen LogP contribution in [0.15, 0.2) is 24.3 Å². The molecular weight excluding hydrogens is 261 g/mol. The summed E-state index contributed by atoms with van der Waals surface area (Å²) in [5.41, 5.74) is -0.0188. The summed E-state index contributed by atoms with van der Waals surface area (Å²) in [6.45, 7) is 1.26. The molecule has 0 aliphatic heterocycles. The molecule has 0 saturated heterocycles. The molecule has 84 valence electrons. The Morgan fingerprint density at radius 1 is 1.44 bits per heavy atom. The molecule has 1 unspecified atom stereocenters. The van der Waals surface area contributed by atoms with Crippen LogP contribution in [-0.4, -0.2) is 69.3 Å². The summed E-state index contributed by atoms with van der Waals surface area (Å²) < 4.78 is 30.4. The van der Waals surface area contributed by atoms with E-state index in [0.29, 0.717) is 0 Å². The van der Waals surface area contributed by atoms with Crippen molar-refractivity contribution in [3.05, 3.63) is 39.9 Å². The average Bonchev–Trinajstić information content (AvgIpc) is 2.15. The molecule has 6 nitrogen and oxygen atoms in total. The average molecular weight is 271 g/mol. The van der Waals surface area contributed by atoms with Gasteiger partial charge in [-0.3, -0.25) is 14.7 Å². The number of benzene rings is 1. The monoisotopic (exact) mass is 271 g/mol. The summed E-state index contributed by atoms with van der Waals surface area (Å²) in [6, 6.07) is 5.15. The van der Waals surface area contributed by atoms with E-state index in [0.717, 1.165) is 6.07 Å². The van der Waals surface area contributed by atoms with Crippen LogP contribution < -0.4 is 0 Å². The molecule has 8 heteroatoms. The predicted octanol–water partition coefficient (Wildman–Crippen LogP) is 0.895. The fourth-order valence-corrected chi connectivity index (χ4v) is 1.55. The van der Waals surface area contributed by atoms with Crippen molar-refractivity contribution < 1.29 is 17.9 Å². The Balaban J connectivity index is 0.00000225. The third kappa shape index (κ3) is 4.21. The first-order valence-corrected chi connectivity index (χ1v) is 5.53. The van der Waals surface area contributed by atoms with Gasteiger partial charge in [-0.1, -0.05) is 12.1 Å². The van der Waals surface area contributed by atoms with Gasteiger partial charge in [-0.2, -0.15) is 8.42 Å². The first kappa shape index (κ1) is 16.2. The van der Waals surface area contributed by atoms with E-state index in [-0.39, 0.29) is 62.6 Å². The van der Waals surface area contributed by atoms with Crippen LogP contribution in [0.4, 0.5) is 5.69 Å². The Bertz CT molecular complexity index is 487. The first-order chi connectivity index (χ1) is 6.82. The molecule has 16 heavy (non-hydrogen) atoms. The number of non-ortho nitro benzene ring substituents is 1. The summed E-state index contributed by atoms with van der Waals surface area (Å²) in [5, 5.41) is 9.25. The van der Waals surface area contributed by atoms with Gasteiger partial charge in [0.15, 0.2) is 0 Å². The van der Waals surface area contributed by atoms with E-state index in [4.69, 9.17) is 4.55 Å². The van der Waals surface area contributed by atoms with Gasteiger partial charge in [0.25, 0.3) is 15.8 Å². The van der Waals surface area contributed by atoms with Crippen LogP contribution in [0, 0.1) is 10.1 Å². The van der Waals surface area contributed by atoms with E-state index in [1.807, 2.05) is 0 Å². The van der Waals surface area contributed by atoms with Crippen molar-refractivity contribution in [1.29, 1.82) is 0 Å². The number of nitro benzene ring substituents is 1. The minimum absolute atomic E-state index is 0. The molecule has 0 aliphatic carbocycles. The van der Waals surface area contributed by atoms with Crippen LogP contribution in [-0.2, 0) is 10.1 Å². The molecule has 1 atom stereocenters. The molecule has 0 spiro atoms. The van der Waals surface area contributed by atoms with Crippen LogP contribution in [0.2, 0.25) is 0 Å². The van der Waals surface area contributed by atoms with Crippen LogP contribution >= 0.6 is 0 Å². The second-order valence-electron chi connectivity index (χ2n) is 3.01. The number of hydrogen-bond donors (Lipinski definition) is 1. The van der Waals surface area contributed by atoms with Crippen molar-refractivity contribution in [3.8, 4) is 0 Å². The number of nitro groups is 1. The normalized spacial score (nSPS) is 12.6. The van der Waals surface area contributed by atoms with Gasteiger partial charge in [-0.25, -0.2) is 0 Å². The molecule has 1 aromatic carbocycles. The van der Waals surface area contributed by atoms with Crippen molar-refractivity contribution >= 4 is 67.2 Å². The standard InChI is InChI=1S/C8H9NO5S.K.H/c1-6(15(12,13)14)7-3-2-4-8(5-7)9(10)11;;/h2-6H,1H3,(H,12,13,14);;. The first-order valence-electron chi connectivity index (χ1n) is 4.03. The molecule has 1 rings (SSSR count). The molecule has 0 heterocycles. The Labute approximate surface area is 135 Å². The van der Waals surface area contributed by atoms with Crippen LogP contribution in [0.1, 0.15) is 17.7 Å². The summed E-state index contributed by atoms with van der Waals surface area (Å²) >= 11 is 0. The second kappa shape index (κ2) is 6.19. The molecule has 1 aromatic rings. The fourth-order valence-electron chi connectivity index (χ4n) is 1.06. The van der Waals surface area contributed by atoms with E-state index in [9.17, 15) is 18.5 Å². The van der Waals surface area contributed by atoms with Crippen molar-refractivity contribution in [2.24, 2.45) is 0 Å². The molecule has 0 aliphatic rings. The third-order valence-corrected chi connectivity index (χ3v) is 3.16. The molecule has 0 aromatic heterocycles. The van der Waals surface area contributed by atoms with Gasteiger partial charge in [-0.05, 0) is 12.5 Å². The summed E-state index contributed by atoms with van der Waals surface area (Å²) in [4.78, 5) is 9.79. The summed E-state index contributed by atoms with van der Waals surface area (Å²) in [7, 11) is -4.22. The SMILES string of the molecule is CC(c1cccc([N+](=O)[O-])c1)S(=O)(=O)O.[KH]. The Hall–Kier alpha value is 0.166.